The Morgan fingerprint density at radius 2 is 2.06 bits per heavy atom. The van der Waals surface area contributed by atoms with Crippen molar-refractivity contribution in [1.82, 2.24) is 5.32 Å². The van der Waals surface area contributed by atoms with Crippen LogP contribution >= 0.6 is 0 Å². The van der Waals surface area contributed by atoms with Gasteiger partial charge in [0.05, 0.1) is 0 Å². The third-order valence-electron chi connectivity index (χ3n) is 3.66. The molecule has 1 aromatic carbocycles. The van der Waals surface area contributed by atoms with E-state index < -0.39 is 0 Å². The lowest BCUT2D eigenvalue weighted by Gasteiger charge is -2.27. The van der Waals surface area contributed by atoms with E-state index in [0.717, 1.165) is 13.0 Å². The van der Waals surface area contributed by atoms with E-state index in [1.165, 1.54) is 18.4 Å². The lowest BCUT2D eigenvalue weighted by Crippen LogP contribution is -2.39. The summed E-state index contributed by atoms with van der Waals surface area (Å²) < 4.78 is 0. The molecule has 1 unspecified atom stereocenters. The van der Waals surface area contributed by atoms with Gasteiger partial charge in [-0.3, -0.25) is 0 Å². The minimum absolute atomic E-state index is 0.380. The Morgan fingerprint density at radius 1 is 1.38 bits per heavy atom. The number of likely N-dealkylation sites (N-methyl/N-ethyl adjacent to an activating group) is 1. The third-order valence-corrected chi connectivity index (χ3v) is 3.66. The molecule has 0 amide bonds. The van der Waals surface area contributed by atoms with Gasteiger partial charge in [-0.25, -0.2) is 0 Å². The van der Waals surface area contributed by atoms with Crippen LogP contribution in [0.5, 0.6) is 0 Å². The van der Waals surface area contributed by atoms with E-state index in [0.29, 0.717) is 11.5 Å². The topological polar surface area (TPSA) is 12.0 Å². The van der Waals surface area contributed by atoms with Crippen molar-refractivity contribution >= 4 is 0 Å². The molecule has 1 fully saturated rings. The molecule has 1 heteroatoms. The van der Waals surface area contributed by atoms with Crippen molar-refractivity contribution in [1.29, 1.82) is 0 Å². The van der Waals surface area contributed by atoms with Crippen molar-refractivity contribution in [3.8, 4) is 0 Å². The van der Waals surface area contributed by atoms with Crippen LogP contribution in [0.1, 0.15) is 31.7 Å². The van der Waals surface area contributed by atoms with Crippen molar-refractivity contribution in [2.45, 2.75) is 37.6 Å². The van der Waals surface area contributed by atoms with Crippen LogP contribution in [0.15, 0.2) is 43.0 Å². The number of benzene rings is 1. The molecule has 1 aromatic rings. The molecular formula is C15H21N. The van der Waals surface area contributed by atoms with Gasteiger partial charge in [0.15, 0.2) is 0 Å². The largest absolute Gasteiger partial charge is 0.313 e. The molecule has 1 aliphatic carbocycles. The maximum atomic E-state index is 3.88. The van der Waals surface area contributed by atoms with E-state index in [4.69, 9.17) is 0 Å². The van der Waals surface area contributed by atoms with Gasteiger partial charge in [-0.2, -0.15) is 0 Å². The number of hydrogen-bond acceptors (Lipinski definition) is 1. The maximum absolute atomic E-state index is 3.88. The predicted octanol–water partition coefficient (Wildman–Crippen LogP) is 3.27. The average Bonchev–Trinajstić information content (AvgIpc) is 3.11. The van der Waals surface area contributed by atoms with Crippen LogP contribution in [0.4, 0.5) is 0 Å². The maximum Gasteiger partial charge on any atom is 0.0198 e. The summed E-state index contributed by atoms with van der Waals surface area (Å²) in [7, 11) is 0. The fraction of sp³-hybridized carbons (Fsp3) is 0.467. The number of hydrogen-bond donors (Lipinski definition) is 1. The summed E-state index contributed by atoms with van der Waals surface area (Å²) >= 11 is 0. The van der Waals surface area contributed by atoms with E-state index in [1.54, 1.807) is 0 Å². The molecule has 1 saturated carbocycles. The normalized spacial score (nSPS) is 19.1. The molecule has 1 aliphatic rings. The monoisotopic (exact) mass is 215 g/mol. The first kappa shape index (κ1) is 11.4. The summed E-state index contributed by atoms with van der Waals surface area (Å²) in [5, 5.41) is 3.61. The lowest BCUT2D eigenvalue weighted by atomic mass is 9.86. The molecule has 0 aromatic heterocycles. The van der Waals surface area contributed by atoms with Gasteiger partial charge in [-0.15, -0.1) is 6.58 Å². The van der Waals surface area contributed by atoms with Crippen LogP contribution in [-0.4, -0.2) is 12.6 Å². The van der Waals surface area contributed by atoms with Crippen LogP contribution in [-0.2, 0) is 5.41 Å². The summed E-state index contributed by atoms with van der Waals surface area (Å²) in [6.45, 7) is 7.09. The summed E-state index contributed by atoms with van der Waals surface area (Å²) in [5.41, 5.74) is 1.87. The lowest BCUT2D eigenvalue weighted by molar-refractivity contribution is 0.427. The molecule has 0 radical (unpaired) electrons. The van der Waals surface area contributed by atoms with Crippen molar-refractivity contribution in [3.05, 3.63) is 48.6 Å². The molecule has 1 N–H and O–H groups in total. The molecular weight excluding hydrogens is 194 g/mol. The predicted molar refractivity (Wildman–Crippen MR) is 69.6 cm³/mol. The first-order valence-corrected chi connectivity index (χ1v) is 6.23. The molecule has 0 spiro atoms. The zero-order chi connectivity index (χ0) is 11.4. The van der Waals surface area contributed by atoms with Gasteiger partial charge in [0.25, 0.3) is 0 Å². The van der Waals surface area contributed by atoms with Gasteiger partial charge in [0.1, 0.15) is 0 Å². The zero-order valence-corrected chi connectivity index (χ0v) is 10.1. The standard InChI is InChI=1S/C15H21N/c1-3-8-14(16-4-2)15(11-12-15)13-9-6-5-7-10-13/h3,5-7,9-10,14,16H,1,4,8,11-12H2,2H3. The second-order valence-corrected chi connectivity index (χ2v) is 4.66. The van der Waals surface area contributed by atoms with Crippen LogP contribution < -0.4 is 5.32 Å². The fourth-order valence-corrected chi connectivity index (χ4v) is 2.66. The Labute approximate surface area is 98.6 Å². The van der Waals surface area contributed by atoms with Crippen LogP contribution in [0.2, 0.25) is 0 Å². The molecule has 0 bridgehead atoms. The molecule has 0 aliphatic heterocycles. The Bertz CT molecular complexity index is 338. The zero-order valence-electron chi connectivity index (χ0n) is 10.1. The summed E-state index contributed by atoms with van der Waals surface area (Å²) in [5.74, 6) is 0. The second-order valence-electron chi connectivity index (χ2n) is 4.66. The van der Waals surface area contributed by atoms with Gasteiger partial charge >= 0.3 is 0 Å². The minimum atomic E-state index is 0.380. The highest BCUT2D eigenvalue weighted by atomic mass is 14.9. The van der Waals surface area contributed by atoms with Gasteiger partial charge in [0, 0.05) is 11.5 Å². The SMILES string of the molecule is C=CCC(NCC)C1(c2ccccc2)CC1. The van der Waals surface area contributed by atoms with Crippen LogP contribution in [0, 0.1) is 0 Å². The summed E-state index contributed by atoms with van der Waals surface area (Å²) in [6, 6.07) is 11.5. The second kappa shape index (κ2) is 4.84. The molecule has 1 atom stereocenters. The molecule has 16 heavy (non-hydrogen) atoms. The Hall–Kier alpha value is -1.08. The molecule has 0 saturated heterocycles. The number of nitrogens with one attached hydrogen (secondary N) is 1. The summed E-state index contributed by atoms with van der Waals surface area (Å²) in [6.07, 6.45) is 5.71. The average molecular weight is 215 g/mol. The molecule has 2 rings (SSSR count). The van der Waals surface area contributed by atoms with Gasteiger partial charge in [0.2, 0.25) is 0 Å². The fourth-order valence-electron chi connectivity index (χ4n) is 2.66. The highest BCUT2D eigenvalue weighted by Gasteiger charge is 2.49. The Balaban J connectivity index is 2.20. The van der Waals surface area contributed by atoms with Crippen molar-refractivity contribution in [2.24, 2.45) is 0 Å². The van der Waals surface area contributed by atoms with Gasteiger partial charge < -0.3 is 5.32 Å². The van der Waals surface area contributed by atoms with Crippen LogP contribution in [0.3, 0.4) is 0 Å². The van der Waals surface area contributed by atoms with Gasteiger partial charge in [-0.05, 0) is 31.4 Å². The third kappa shape index (κ3) is 2.05. The Kier molecular flexibility index (Phi) is 3.45. The quantitative estimate of drug-likeness (QED) is 0.718. The smallest absolute Gasteiger partial charge is 0.0198 e. The number of rotatable bonds is 6. The van der Waals surface area contributed by atoms with E-state index in [9.17, 15) is 0 Å². The Morgan fingerprint density at radius 3 is 2.56 bits per heavy atom. The molecule has 86 valence electrons. The first-order chi connectivity index (χ1) is 7.83. The van der Waals surface area contributed by atoms with E-state index in [1.807, 2.05) is 6.08 Å². The molecule has 0 heterocycles. The molecule has 1 nitrogen and oxygen atoms in total. The van der Waals surface area contributed by atoms with Crippen LogP contribution in [0.25, 0.3) is 0 Å². The van der Waals surface area contributed by atoms with Crippen molar-refractivity contribution in [2.75, 3.05) is 6.54 Å². The highest BCUT2D eigenvalue weighted by molar-refractivity contribution is 5.34. The van der Waals surface area contributed by atoms with E-state index >= 15 is 0 Å². The summed E-state index contributed by atoms with van der Waals surface area (Å²) in [4.78, 5) is 0. The van der Waals surface area contributed by atoms with E-state index in [-0.39, 0.29) is 0 Å². The van der Waals surface area contributed by atoms with Crippen molar-refractivity contribution in [3.63, 3.8) is 0 Å². The van der Waals surface area contributed by atoms with E-state index in [2.05, 4.69) is 49.2 Å². The van der Waals surface area contributed by atoms with Gasteiger partial charge in [-0.1, -0.05) is 43.3 Å². The highest BCUT2D eigenvalue weighted by Crippen LogP contribution is 2.51. The minimum Gasteiger partial charge on any atom is -0.313 e. The van der Waals surface area contributed by atoms with Crippen molar-refractivity contribution < 1.29 is 0 Å². The first-order valence-electron chi connectivity index (χ1n) is 6.23.